The molecule has 0 aromatic carbocycles. The molecule has 0 radical (unpaired) electrons. The Morgan fingerprint density at radius 2 is 2.12 bits per heavy atom. The van der Waals surface area contributed by atoms with Gasteiger partial charge in [-0.05, 0) is 6.92 Å². The molecule has 3 nitrogen and oxygen atoms in total. The lowest BCUT2D eigenvalue weighted by Crippen LogP contribution is -1.90. The number of carbonyl (C=O) groups excluding carboxylic acids is 1. The van der Waals surface area contributed by atoms with Crippen LogP contribution >= 0.6 is 0 Å². The number of hydrogen-bond acceptors (Lipinski definition) is 3. The molecule has 0 heterocycles. The molecular formula is C5H8O3. The number of rotatable bonds is 1. The van der Waals surface area contributed by atoms with E-state index in [2.05, 4.69) is 4.74 Å². The van der Waals surface area contributed by atoms with Gasteiger partial charge in [0.25, 0.3) is 0 Å². The summed E-state index contributed by atoms with van der Waals surface area (Å²) in [5.41, 5.74) is 0. The van der Waals surface area contributed by atoms with E-state index >= 15 is 0 Å². The van der Waals surface area contributed by atoms with Gasteiger partial charge < -0.3 is 9.84 Å². The van der Waals surface area contributed by atoms with E-state index in [1.165, 1.54) is 13.8 Å². The van der Waals surface area contributed by atoms with Crippen molar-refractivity contribution in [3.63, 3.8) is 0 Å². The van der Waals surface area contributed by atoms with Crippen molar-refractivity contribution >= 4 is 5.97 Å². The van der Waals surface area contributed by atoms with Crippen molar-refractivity contribution in [3.05, 3.63) is 12.0 Å². The molecule has 0 aromatic heterocycles. The summed E-state index contributed by atoms with van der Waals surface area (Å²) in [5, 5.41) is 8.39. The molecule has 0 aliphatic heterocycles. The molecule has 0 bridgehead atoms. The van der Waals surface area contributed by atoms with Gasteiger partial charge in [0.05, 0.1) is 0 Å². The maximum atomic E-state index is 9.97. The molecule has 0 fully saturated rings. The third kappa shape index (κ3) is 5.01. The highest BCUT2D eigenvalue weighted by Crippen LogP contribution is 1.84. The summed E-state index contributed by atoms with van der Waals surface area (Å²) in [4.78, 5) is 9.97. The lowest BCUT2D eigenvalue weighted by atomic mass is 10.6. The topological polar surface area (TPSA) is 46.5 Å². The Morgan fingerprint density at radius 3 is 2.25 bits per heavy atom. The maximum absolute atomic E-state index is 9.97. The van der Waals surface area contributed by atoms with Crippen LogP contribution < -0.4 is 0 Å². The fourth-order valence-electron chi connectivity index (χ4n) is 0.168. The zero-order valence-corrected chi connectivity index (χ0v) is 4.84. The highest BCUT2D eigenvalue weighted by molar-refractivity contribution is 5.66. The Morgan fingerprint density at radius 1 is 1.62 bits per heavy atom. The van der Waals surface area contributed by atoms with E-state index in [4.69, 9.17) is 5.11 Å². The van der Waals surface area contributed by atoms with Crippen molar-refractivity contribution in [2.75, 3.05) is 0 Å². The third-order valence-electron chi connectivity index (χ3n) is 0.395. The third-order valence-corrected chi connectivity index (χ3v) is 0.395. The Labute approximate surface area is 47.6 Å². The Bertz CT molecular complexity index is 111. The van der Waals surface area contributed by atoms with Gasteiger partial charge in [0, 0.05) is 6.92 Å². The van der Waals surface area contributed by atoms with Gasteiger partial charge in [0.15, 0.2) is 0 Å². The average Bonchev–Trinajstić information content (AvgIpc) is 1.61. The van der Waals surface area contributed by atoms with Crippen molar-refractivity contribution < 1.29 is 14.6 Å². The summed E-state index contributed by atoms with van der Waals surface area (Å²) in [6.07, 6.45) is 0.988. The van der Waals surface area contributed by atoms with Crippen molar-refractivity contribution in [3.8, 4) is 0 Å². The van der Waals surface area contributed by atoms with Crippen LogP contribution in [0.1, 0.15) is 13.8 Å². The molecule has 1 N–H and O–H groups in total. The number of carbonyl (C=O) groups is 1. The van der Waals surface area contributed by atoms with E-state index in [0.717, 1.165) is 6.26 Å². The fraction of sp³-hybridized carbons (Fsp3) is 0.400. The largest absolute Gasteiger partial charge is 0.509 e. The molecule has 46 valence electrons. The highest BCUT2D eigenvalue weighted by atomic mass is 16.5. The summed E-state index contributed by atoms with van der Waals surface area (Å²) >= 11 is 0. The summed E-state index contributed by atoms with van der Waals surface area (Å²) in [6, 6.07) is 0. The van der Waals surface area contributed by atoms with E-state index in [1.807, 2.05) is 0 Å². The predicted molar refractivity (Wildman–Crippen MR) is 28.2 cm³/mol. The van der Waals surface area contributed by atoms with Gasteiger partial charge >= 0.3 is 5.97 Å². The Balaban J connectivity index is 3.45. The first-order chi connectivity index (χ1) is 3.63. The monoisotopic (exact) mass is 116 g/mol. The van der Waals surface area contributed by atoms with Crippen LogP contribution in [0.5, 0.6) is 0 Å². The van der Waals surface area contributed by atoms with Gasteiger partial charge in [-0.1, -0.05) is 0 Å². The molecule has 0 rings (SSSR count). The molecule has 0 aromatic rings. The first kappa shape index (κ1) is 7.01. The van der Waals surface area contributed by atoms with E-state index in [0.29, 0.717) is 0 Å². The van der Waals surface area contributed by atoms with Crippen LogP contribution in [-0.4, -0.2) is 11.1 Å². The maximum Gasteiger partial charge on any atom is 0.307 e. The summed E-state index contributed by atoms with van der Waals surface area (Å²) < 4.78 is 4.25. The number of aliphatic hydroxyl groups is 1. The van der Waals surface area contributed by atoms with E-state index in [-0.39, 0.29) is 5.76 Å². The number of aliphatic hydroxyl groups excluding tert-OH is 1. The minimum absolute atomic E-state index is 0.0137. The Kier molecular flexibility index (Phi) is 2.69. The molecule has 0 aliphatic carbocycles. The summed E-state index contributed by atoms with van der Waals surface area (Å²) in [7, 11) is 0. The average molecular weight is 116 g/mol. The number of ether oxygens (including phenoxy) is 1. The van der Waals surface area contributed by atoms with Crippen molar-refractivity contribution in [2.45, 2.75) is 13.8 Å². The first-order valence-electron chi connectivity index (χ1n) is 2.16. The lowest BCUT2D eigenvalue weighted by Gasteiger charge is -1.89. The molecule has 0 saturated heterocycles. The zero-order chi connectivity index (χ0) is 6.57. The van der Waals surface area contributed by atoms with Crippen LogP contribution in [-0.2, 0) is 9.53 Å². The highest BCUT2D eigenvalue weighted by Gasteiger charge is 1.85. The van der Waals surface area contributed by atoms with Crippen molar-refractivity contribution in [2.24, 2.45) is 0 Å². The quantitative estimate of drug-likeness (QED) is 0.410. The molecule has 8 heavy (non-hydrogen) atoms. The smallest absolute Gasteiger partial charge is 0.307 e. The van der Waals surface area contributed by atoms with Gasteiger partial charge in [-0.3, -0.25) is 4.79 Å². The van der Waals surface area contributed by atoms with Gasteiger partial charge in [0.1, 0.15) is 12.0 Å². The SMILES string of the molecule is CC(=O)O/C=C(/C)O. The van der Waals surface area contributed by atoms with Crippen LogP contribution in [0.4, 0.5) is 0 Å². The second-order valence-corrected chi connectivity index (χ2v) is 1.37. The normalized spacial score (nSPS) is 11.0. The molecular weight excluding hydrogens is 108 g/mol. The minimum atomic E-state index is -0.432. The van der Waals surface area contributed by atoms with E-state index in [9.17, 15) is 4.79 Å². The molecule has 0 amide bonds. The molecule has 0 aliphatic rings. The second-order valence-electron chi connectivity index (χ2n) is 1.37. The molecule has 0 unspecified atom stereocenters. The van der Waals surface area contributed by atoms with Crippen LogP contribution in [0.2, 0.25) is 0 Å². The van der Waals surface area contributed by atoms with Crippen molar-refractivity contribution in [1.82, 2.24) is 0 Å². The number of hydrogen-bond donors (Lipinski definition) is 1. The molecule has 0 atom stereocenters. The van der Waals surface area contributed by atoms with Gasteiger partial charge in [-0.15, -0.1) is 0 Å². The lowest BCUT2D eigenvalue weighted by molar-refractivity contribution is -0.135. The van der Waals surface area contributed by atoms with Crippen molar-refractivity contribution in [1.29, 1.82) is 0 Å². The zero-order valence-electron chi connectivity index (χ0n) is 4.84. The van der Waals surface area contributed by atoms with Gasteiger partial charge in [0.2, 0.25) is 0 Å². The second kappa shape index (κ2) is 3.07. The Hall–Kier alpha value is -0.990. The van der Waals surface area contributed by atoms with Crippen LogP contribution in [0.15, 0.2) is 12.0 Å². The fourth-order valence-corrected chi connectivity index (χ4v) is 0.168. The minimum Gasteiger partial charge on any atom is -0.509 e. The summed E-state index contributed by atoms with van der Waals surface area (Å²) in [5.74, 6) is -0.446. The number of allylic oxidation sites excluding steroid dienone is 1. The van der Waals surface area contributed by atoms with Gasteiger partial charge in [-0.25, -0.2) is 0 Å². The van der Waals surface area contributed by atoms with Gasteiger partial charge in [-0.2, -0.15) is 0 Å². The van der Waals surface area contributed by atoms with Crippen LogP contribution in [0.3, 0.4) is 0 Å². The summed E-state index contributed by atoms with van der Waals surface area (Å²) in [6.45, 7) is 2.68. The first-order valence-corrected chi connectivity index (χ1v) is 2.16. The van der Waals surface area contributed by atoms with Crippen LogP contribution in [0.25, 0.3) is 0 Å². The molecule has 3 heteroatoms. The predicted octanol–water partition coefficient (Wildman–Crippen LogP) is 0.969. The van der Waals surface area contributed by atoms with E-state index in [1.54, 1.807) is 0 Å². The van der Waals surface area contributed by atoms with E-state index < -0.39 is 5.97 Å². The standard InChI is InChI=1S/C5H8O3/c1-4(6)3-8-5(2)7/h3,6H,1-2H3/b4-3-. The number of esters is 1. The molecule has 0 saturated carbocycles. The molecule has 0 spiro atoms. The van der Waals surface area contributed by atoms with Crippen LogP contribution in [0, 0.1) is 0 Å².